The molecule has 0 radical (unpaired) electrons. The molecule has 3 rings (SSSR count). The summed E-state index contributed by atoms with van der Waals surface area (Å²) in [6.45, 7) is 0. The third kappa shape index (κ3) is 4.62. The predicted octanol–water partition coefficient (Wildman–Crippen LogP) is 4.81. The average Bonchev–Trinajstić information content (AvgIpc) is 2.68. The van der Waals surface area contributed by atoms with Gasteiger partial charge in [0.25, 0.3) is 10.0 Å². The lowest BCUT2D eigenvalue weighted by atomic mass is 10.3. The Labute approximate surface area is 168 Å². The molecule has 0 bridgehead atoms. The van der Waals surface area contributed by atoms with Crippen LogP contribution in [0.5, 0.6) is 0 Å². The van der Waals surface area contributed by atoms with Crippen LogP contribution in [0.4, 0.5) is 21.9 Å². The van der Waals surface area contributed by atoms with Crippen LogP contribution < -0.4 is 14.9 Å². The fraction of sp³-hybridized carbons (Fsp3) is 0.0500. The highest BCUT2D eigenvalue weighted by Crippen LogP contribution is 2.24. The molecule has 3 aromatic rings. The number of urea groups is 1. The smallest absolute Gasteiger partial charge is 0.308 e. The van der Waals surface area contributed by atoms with Gasteiger partial charge in [-0.3, -0.25) is 4.31 Å². The Bertz CT molecular complexity index is 1090. The zero-order valence-corrected chi connectivity index (χ0v) is 16.5. The van der Waals surface area contributed by atoms with E-state index < -0.39 is 16.1 Å². The highest BCUT2D eigenvalue weighted by atomic mass is 35.5. The van der Waals surface area contributed by atoms with Crippen molar-refractivity contribution >= 4 is 44.7 Å². The van der Waals surface area contributed by atoms with E-state index in [2.05, 4.69) is 10.6 Å². The molecule has 0 aromatic heterocycles. The number of carbonyl (C=O) groups is 1. The maximum absolute atomic E-state index is 12.9. The molecular formula is C20H18ClN3O3S. The fourth-order valence-corrected chi connectivity index (χ4v) is 3.96. The van der Waals surface area contributed by atoms with Crippen LogP contribution in [0.15, 0.2) is 83.8 Å². The first-order valence-corrected chi connectivity index (χ1v) is 10.2. The molecule has 0 heterocycles. The van der Waals surface area contributed by atoms with Gasteiger partial charge in [0, 0.05) is 23.4 Å². The molecule has 0 spiro atoms. The van der Waals surface area contributed by atoms with E-state index in [1.807, 2.05) is 6.07 Å². The Morgan fingerprint density at radius 3 is 2.11 bits per heavy atom. The first-order chi connectivity index (χ1) is 13.4. The molecule has 0 aliphatic carbocycles. The molecule has 0 atom stereocenters. The summed E-state index contributed by atoms with van der Waals surface area (Å²) in [5, 5.41) is 5.76. The summed E-state index contributed by atoms with van der Waals surface area (Å²) in [6, 6.07) is 21.0. The van der Waals surface area contributed by atoms with Gasteiger partial charge < -0.3 is 10.6 Å². The lowest BCUT2D eigenvalue weighted by molar-refractivity contribution is 0.262. The Balaban J connectivity index is 1.77. The first-order valence-electron chi connectivity index (χ1n) is 8.34. The summed E-state index contributed by atoms with van der Waals surface area (Å²) in [7, 11) is -2.29. The Morgan fingerprint density at radius 1 is 0.857 bits per heavy atom. The number of anilines is 3. The minimum Gasteiger partial charge on any atom is -0.308 e. The van der Waals surface area contributed by atoms with Crippen LogP contribution in [0.25, 0.3) is 0 Å². The van der Waals surface area contributed by atoms with Crippen molar-refractivity contribution in [2.45, 2.75) is 4.90 Å². The van der Waals surface area contributed by atoms with E-state index in [-0.39, 0.29) is 4.90 Å². The van der Waals surface area contributed by atoms with Gasteiger partial charge in [0.1, 0.15) is 0 Å². The van der Waals surface area contributed by atoms with Crippen molar-refractivity contribution in [3.05, 3.63) is 83.9 Å². The Hall–Kier alpha value is -3.03. The summed E-state index contributed by atoms with van der Waals surface area (Å²) in [6.07, 6.45) is 0. The fourth-order valence-electron chi connectivity index (χ4n) is 2.53. The van der Waals surface area contributed by atoms with E-state index in [9.17, 15) is 13.2 Å². The number of nitrogens with one attached hydrogen (secondary N) is 2. The SMILES string of the molecule is CN(c1ccccc1)S(=O)(=O)c1cccc(NC(=O)Nc2cccc(Cl)c2)c1. The van der Waals surface area contributed by atoms with E-state index in [1.165, 1.54) is 23.5 Å². The highest BCUT2D eigenvalue weighted by molar-refractivity contribution is 7.92. The largest absolute Gasteiger partial charge is 0.323 e. The van der Waals surface area contributed by atoms with E-state index in [1.54, 1.807) is 60.7 Å². The summed E-state index contributed by atoms with van der Waals surface area (Å²) in [5.74, 6) is 0. The molecule has 144 valence electrons. The monoisotopic (exact) mass is 415 g/mol. The van der Waals surface area contributed by atoms with Crippen molar-refractivity contribution in [1.29, 1.82) is 0 Å². The number of benzene rings is 3. The molecule has 6 nitrogen and oxygen atoms in total. The third-order valence-corrected chi connectivity index (χ3v) is 5.97. The summed E-state index contributed by atoms with van der Waals surface area (Å²) in [5.41, 5.74) is 1.42. The van der Waals surface area contributed by atoms with Gasteiger partial charge in [-0.25, -0.2) is 13.2 Å². The van der Waals surface area contributed by atoms with Gasteiger partial charge in [0.05, 0.1) is 10.6 Å². The van der Waals surface area contributed by atoms with Gasteiger partial charge in [0.2, 0.25) is 0 Å². The van der Waals surface area contributed by atoms with Crippen molar-refractivity contribution in [1.82, 2.24) is 0 Å². The zero-order valence-electron chi connectivity index (χ0n) is 15.0. The van der Waals surface area contributed by atoms with Crippen LogP contribution in [-0.4, -0.2) is 21.5 Å². The number of amides is 2. The average molecular weight is 416 g/mol. The van der Waals surface area contributed by atoms with Gasteiger partial charge in [-0.1, -0.05) is 41.9 Å². The maximum Gasteiger partial charge on any atom is 0.323 e. The molecule has 2 amide bonds. The lowest BCUT2D eigenvalue weighted by Crippen LogP contribution is -2.26. The second-order valence-electron chi connectivity index (χ2n) is 5.93. The van der Waals surface area contributed by atoms with Crippen LogP contribution in [-0.2, 0) is 10.0 Å². The number of para-hydroxylation sites is 1. The third-order valence-electron chi connectivity index (χ3n) is 3.95. The van der Waals surface area contributed by atoms with Crippen LogP contribution in [0.1, 0.15) is 0 Å². The molecule has 0 saturated heterocycles. The number of halogens is 1. The number of hydrogen-bond acceptors (Lipinski definition) is 3. The second kappa shape index (κ2) is 8.33. The molecule has 0 aliphatic rings. The number of sulfonamides is 1. The molecular weight excluding hydrogens is 398 g/mol. The number of hydrogen-bond donors (Lipinski definition) is 2. The van der Waals surface area contributed by atoms with Crippen LogP contribution >= 0.6 is 11.6 Å². The van der Waals surface area contributed by atoms with Gasteiger partial charge in [-0.2, -0.15) is 0 Å². The normalized spacial score (nSPS) is 10.9. The molecule has 0 aliphatic heterocycles. The maximum atomic E-state index is 12.9. The topological polar surface area (TPSA) is 78.5 Å². The van der Waals surface area contributed by atoms with Crippen molar-refractivity contribution in [2.24, 2.45) is 0 Å². The van der Waals surface area contributed by atoms with E-state index in [0.29, 0.717) is 22.1 Å². The number of nitrogens with zero attached hydrogens (tertiary/aromatic N) is 1. The van der Waals surface area contributed by atoms with E-state index >= 15 is 0 Å². The van der Waals surface area contributed by atoms with Gasteiger partial charge in [0.15, 0.2) is 0 Å². The predicted molar refractivity (Wildman–Crippen MR) is 113 cm³/mol. The zero-order chi connectivity index (χ0) is 20.1. The van der Waals surface area contributed by atoms with Crippen molar-refractivity contribution in [3.63, 3.8) is 0 Å². The van der Waals surface area contributed by atoms with Crippen LogP contribution in [0.3, 0.4) is 0 Å². The first kappa shape index (κ1) is 19.7. The van der Waals surface area contributed by atoms with Crippen molar-refractivity contribution in [3.8, 4) is 0 Å². The van der Waals surface area contributed by atoms with Crippen LogP contribution in [0.2, 0.25) is 5.02 Å². The molecule has 3 aromatic carbocycles. The highest BCUT2D eigenvalue weighted by Gasteiger charge is 2.21. The minimum absolute atomic E-state index is 0.0689. The molecule has 28 heavy (non-hydrogen) atoms. The minimum atomic E-state index is -3.77. The summed E-state index contributed by atoms with van der Waals surface area (Å²) < 4.78 is 27.0. The standard InChI is InChI=1S/C20H18ClN3O3S/c1-24(18-10-3-2-4-11-18)28(26,27)19-12-6-9-17(14-19)23-20(25)22-16-8-5-7-15(21)13-16/h2-14H,1H3,(H2,22,23,25). The summed E-state index contributed by atoms with van der Waals surface area (Å²) >= 11 is 5.90. The van der Waals surface area contributed by atoms with E-state index in [4.69, 9.17) is 11.6 Å². The van der Waals surface area contributed by atoms with Gasteiger partial charge in [-0.15, -0.1) is 0 Å². The van der Waals surface area contributed by atoms with Gasteiger partial charge in [-0.05, 0) is 48.5 Å². The Morgan fingerprint density at radius 2 is 1.46 bits per heavy atom. The van der Waals surface area contributed by atoms with Gasteiger partial charge >= 0.3 is 6.03 Å². The number of rotatable bonds is 5. The molecule has 2 N–H and O–H groups in total. The van der Waals surface area contributed by atoms with Crippen molar-refractivity contribution < 1.29 is 13.2 Å². The second-order valence-corrected chi connectivity index (χ2v) is 8.33. The van der Waals surface area contributed by atoms with E-state index in [0.717, 1.165) is 0 Å². The molecule has 0 saturated carbocycles. The number of carbonyl (C=O) groups excluding carboxylic acids is 1. The van der Waals surface area contributed by atoms with Crippen molar-refractivity contribution in [2.75, 3.05) is 22.0 Å². The Kier molecular flexibility index (Phi) is 5.87. The summed E-state index contributed by atoms with van der Waals surface area (Å²) in [4.78, 5) is 12.3. The van der Waals surface area contributed by atoms with Crippen LogP contribution in [0, 0.1) is 0 Å². The molecule has 8 heteroatoms. The molecule has 0 unspecified atom stereocenters. The lowest BCUT2D eigenvalue weighted by Gasteiger charge is -2.20. The quantitative estimate of drug-likeness (QED) is 0.627. The molecule has 0 fully saturated rings.